The van der Waals surface area contributed by atoms with Crippen LogP contribution in [0.15, 0.2) is 35.4 Å². The molecule has 0 aliphatic heterocycles. The summed E-state index contributed by atoms with van der Waals surface area (Å²) in [4.78, 5) is 59.4. The monoisotopic (exact) mass is 835 g/mol. The van der Waals surface area contributed by atoms with Crippen LogP contribution in [0.1, 0.15) is 146 Å². The van der Waals surface area contributed by atoms with Gasteiger partial charge in [0.25, 0.3) is 0 Å². The number of Topliss-reactive ketones (excluding diaryl/α,β-unsaturated/α-hetero) is 2. The molecule has 8 atom stereocenters. The van der Waals surface area contributed by atoms with Crippen LogP contribution in [0.5, 0.6) is 0 Å². The van der Waals surface area contributed by atoms with Crippen LogP contribution in [-0.2, 0) is 30.5 Å². The SMILES string of the molecule is CC(C)C1=C2[C@@](C(=O)CN(CCN(C)C)Cc3ccc(Cl)cc3)(CC[C@@]3(C)[C@]4(C)CCC5C(C)(C)[C@@H](OC(=O)CC(C)(C)C(=O)O)CC[C@]5(C)[C@@]4(C)CC[C@]23C)CC1=O. The predicted molar refractivity (Wildman–Crippen MR) is 235 cm³/mol. The van der Waals surface area contributed by atoms with Gasteiger partial charge >= 0.3 is 11.9 Å². The summed E-state index contributed by atoms with van der Waals surface area (Å²) in [6.45, 7) is 27.1. The summed E-state index contributed by atoms with van der Waals surface area (Å²) in [6, 6.07) is 7.91. The molecule has 1 aromatic carbocycles. The number of esters is 1. The van der Waals surface area contributed by atoms with Crippen LogP contribution in [0.2, 0.25) is 5.02 Å². The molecule has 5 aliphatic rings. The van der Waals surface area contributed by atoms with Crippen LogP contribution in [0.25, 0.3) is 0 Å². The van der Waals surface area contributed by atoms with E-state index in [9.17, 15) is 19.5 Å². The van der Waals surface area contributed by atoms with Crippen LogP contribution in [0.4, 0.5) is 0 Å². The molecule has 0 heterocycles. The van der Waals surface area contributed by atoms with Crippen molar-refractivity contribution in [1.29, 1.82) is 0 Å². The largest absolute Gasteiger partial charge is 0.481 e. The van der Waals surface area contributed by atoms with Crippen molar-refractivity contribution in [2.24, 2.45) is 55.2 Å². The molecule has 59 heavy (non-hydrogen) atoms. The van der Waals surface area contributed by atoms with Crippen molar-refractivity contribution in [3.05, 3.63) is 46.0 Å². The maximum atomic E-state index is 15.4. The van der Waals surface area contributed by atoms with Gasteiger partial charge in [0, 0.05) is 36.5 Å². The first-order valence-electron chi connectivity index (χ1n) is 22.5. The smallest absolute Gasteiger partial charge is 0.309 e. The van der Waals surface area contributed by atoms with E-state index in [1.54, 1.807) is 13.8 Å². The van der Waals surface area contributed by atoms with Crippen molar-refractivity contribution in [2.45, 2.75) is 153 Å². The van der Waals surface area contributed by atoms with Crippen molar-refractivity contribution >= 4 is 35.1 Å². The van der Waals surface area contributed by atoms with Gasteiger partial charge in [0.2, 0.25) is 0 Å². The lowest BCUT2D eigenvalue weighted by Crippen LogP contribution is -2.72. The number of ether oxygens (including phenoxy) is 1. The number of nitrogens with zero attached hydrogens (tertiary/aromatic N) is 2. The lowest BCUT2D eigenvalue weighted by atomic mass is 9.25. The molecule has 328 valence electrons. The quantitative estimate of drug-likeness (QED) is 0.196. The molecular weight excluding hydrogens is 760 g/mol. The molecule has 5 aliphatic carbocycles. The van der Waals surface area contributed by atoms with Gasteiger partial charge in [0.1, 0.15) is 6.10 Å². The van der Waals surface area contributed by atoms with E-state index in [0.29, 0.717) is 30.5 Å². The number of hydrogen-bond donors (Lipinski definition) is 1. The summed E-state index contributed by atoms with van der Waals surface area (Å²) < 4.78 is 6.24. The molecule has 0 aromatic heterocycles. The molecule has 8 nitrogen and oxygen atoms in total. The molecular formula is C50H75ClN2O6. The number of allylic oxidation sites excluding steroid dienone is 2. The maximum absolute atomic E-state index is 15.4. The summed E-state index contributed by atoms with van der Waals surface area (Å²) in [5.41, 5.74) is 0.229. The van der Waals surface area contributed by atoms with Gasteiger partial charge in [-0.05, 0) is 147 Å². The Hall–Kier alpha value is -2.55. The molecule has 0 spiro atoms. The molecule has 0 amide bonds. The Kier molecular flexibility index (Phi) is 12.0. The normalized spacial score (nSPS) is 36.6. The number of carbonyl (C=O) groups is 4. The predicted octanol–water partition coefficient (Wildman–Crippen LogP) is 10.4. The van der Waals surface area contributed by atoms with Gasteiger partial charge in [0.05, 0.1) is 23.8 Å². The number of fused-ring (bicyclic) bond motifs is 7. The molecule has 1 aromatic rings. The average Bonchev–Trinajstić information content (AvgIpc) is 3.46. The summed E-state index contributed by atoms with van der Waals surface area (Å²) in [5.74, 6) is -0.736. The Balaban J connectivity index is 1.34. The molecule has 4 fully saturated rings. The zero-order valence-electron chi connectivity index (χ0n) is 38.7. The third kappa shape index (κ3) is 7.00. The summed E-state index contributed by atoms with van der Waals surface area (Å²) >= 11 is 6.25. The first-order chi connectivity index (χ1) is 27.2. The van der Waals surface area contributed by atoms with E-state index >= 15 is 4.79 Å². The Bertz CT molecular complexity index is 1880. The number of carboxylic acid groups (broad SMARTS) is 1. The van der Waals surface area contributed by atoms with E-state index in [4.69, 9.17) is 16.3 Å². The minimum Gasteiger partial charge on any atom is -0.481 e. The summed E-state index contributed by atoms with van der Waals surface area (Å²) in [6.07, 6.45) is 7.04. The highest BCUT2D eigenvalue weighted by atomic mass is 35.5. The number of ketones is 2. The lowest BCUT2D eigenvalue weighted by Gasteiger charge is -2.78. The highest BCUT2D eigenvalue weighted by molar-refractivity contribution is 6.30. The van der Waals surface area contributed by atoms with Gasteiger partial charge in [-0.3, -0.25) is 24.1 Å². The average molecular weight is 836 g/mol. The van der Waals surface area contributed by atoms with Gasteiger partial charge < -0.3 is 14.7 Å². The van der Waals surface area contributed by atoms with E-state index in [-0.39, 0.29) is 68.9 Å². The highest BCUT2D eigenvalue weighted by Gasteiger charge is 2.77. The molecule has 4 saturated carbocycles. The van der Waals surface area contributed by atoms with Gasteiger partial charge in [-0.25, -0.2) is 0 Å². The van der Waals surface area contributed by atoms with Crippen LogP contribution < -0.4 is 0 Å². The standard InChI is InChI=1S/C50H75ClN2O6/c1-32(2)40-35(54)28-50(37(55)31-53(27-26-52(12)13)30-33-14-16-34(51)17-15-33)25-24-48(10)46(8,41(40)50)22-23-47(9)45(7)20-19-38(59-39(56)29-43(3,4)42(57)58)44(5,6)36(45)18-21-49(47,48)11/h14-17,32,36,38H,18-31H2,1-13H3,(H,57,58)/t36?,38-,45-,46+,47+,48+,49+,50-/m0/s1. The zero-order chi connectivity index (χ0) is 43.9. The van der Waals surface area contributed by atoms with Gasteiger partial charge in [-0.2, -0.15) is 0 Å². The number of carboxylic acids is 1. The van der Waals surface area contributed by atoms with Crippen LogP contribution in [0, 0.1) is 55.2 Å². The number of aliphatic carboxylic acids is 1. The molecule has 0 saturated heterocycles. The topological polar surface area (TPSA) is 104 Å². The van der Waals surface area contributed by atoms with E-state index in [1.165, 1.54) is 5.57 Å². The molecule has 1 unspecified atom stereocenters. The third-order valence-electron chi connectivity index (χ3n) is 18.6. The molecule has 6 rings (SSSR count). The fraction of sp³-hybridized carbons (Fsp3) is 0.760. The lowest BCUT2D eigenvalue weighted by molar-refractivity contribution is -0.292. The van der Waals surface area contributed by atoms with E-state index in [0.717, 1.165) is 69.2 Å². The van der Waals surface area contributed by atoms with Gasteiger partial charge in [-0.15, -0.1) is 0 Å². The molecule has 9 heteroatoms. The minimum absolute atomic E-state index is 0.0273. The molecule has 0 radical (unpaired) electrons. The van der Waals surface area contributed by atoms with Crippen LogP contribution in [-0.4, -0.2) is 78.2 Å². The zero-order valence-corrected chi connectivity index (χ0v) is 39.5. The second-order valence-corrected chi connectivity index (χ2v) is 23.2. The number of rotatable bonds is 13. The van der Waals surface area contributed by atoms with Crippen molar-refractivity contribution in [1.82, 2.24) is 9.80 Å². The van der Waals surface area contributed by atoms with Crippen molar-refractivity contribution < 1.29 is 29.0 Å². The first-order valence-corrected chi connectivity index (χ1v) is 22.9. The maximum Gasteiger partial charge on any atom is 0.309 e. The highest BCUT2D eigenvalue weighted by Crippen LogP contribution is 2.84. The number of hydrogen-bond acceptors (Lipinski definition) is 7. The molecule has 1 N–H and O–H groups in total. The Morgan fingerprint density at radius 2 is 1.49 bits per heavy atom. The van der Waals surface area contributed by atoms with E-state index in [2.05, 4.69) is 86.2 Å². The number of carbonyl (C=O) groups excluding carboxylic acids is 3. The van der Waals surface area contributed by atoms with Crippen LogP contribution >= 0.6 is 11.6 Å². The summed E-state index contributed by atoms with van der Waals surface area (Å²) in [5, 5.41) is 10.4. The first kappa shape index (κ1) is 46.0. The number of likely N-dealkylation sites (N-methyl/N-ethyl adjacent to an activating group) is 1. The third-order valence-corrected chi connectivity index (χ3v) is 18.9. The van der Waals surface area contributed by atoms with E-state index in [1.807, 2.05) is 24.3 Å². The number of halogens is 1. The Morgan fingerprint density at radius 3 is 2.08 bits per heavy atom. The van der Waals surface area contributed by atoms with Crippen molar-refractivity contribution in [3.8, 4) is 0 Å². The van der Waals surface area contributed by atoms with Gasteiger partial charge in [0.15, 0.2) is 11.6 Å². The Morgan fingerprint density at radius 1 is 0.864 bits per heavy atom. The number of benzene rings is 1. The summed E-state index contributed by atoms with van der Waals surface area (Å²) in [7, 11) is 4.13. The van der Waals surface area contributed by atoms with E-state index < -0.39 is 22.8 Å². The second kappa shape index (κ2) is 15.4. The fourth-order valence-electron chi connectivity index (χ4n) is 14.4. The van der Waals surface area contributed by atoms with Crippen LogP contribution in [0.3, 0.4) is 0 Å². The Labute approximate surface area is 360 Å². The second-order valence-electron chi connectivity index (χ2n) is 22.7. The van der Waals surface area contributed by atoms with Crippen molar-refractivity contribution in [3.63, 3.8) is 0 Å². The van der Waals surface area contributed by atoms with Gasteiger partial charge in [-0.1, -0.05) is 86.0 Å². The van der Waals surface area contributed by atoms with Crippen molar-refractivity contribution in [2.75, 3.05) is 33.7 Å². The fourth-order valence-corrected chi connectivity index (χ4v) is 14.6. The molecule has 0 bridgehead atoms. The minimum atomic E-state index is -1.19.